The summed E-state index contributed by atoms with van der Waals surface area (Å²) in [5.74, 6) is -0.183. The molecule has 0 aliphatic rings. The van der Waals surface area contributed by atoms with Crippen LogP contribution < -0.4 is 5.32 Å². The van der Waals surface area contributed by atoms with Crippen molar-refractivity contribution in [1.82, 2.24) is 15.1 Å². The molecule has 0 unspecified atom stereocenters. The highest BCUT2D eigenvalue weighted by molar-refractivity contribution is 5.16. The predicted octanol–water partition coefficient (Wildman–Crippen LogP) is 1.89. The van der Waals surface area contributed by atoms with E-state index in [0.717, 1.165) is 25.1 Å². The second-order valence-electron chi connectivity index (χ2n) is 4.08. The fourth-order valence-corrected chi connectivity index (χ4v) is 1.68. The van der Waals surface area contributed by atoms with Gasteiger partial charge in [-0.2, -0.15) is 5.10 Å². The molecule has 90 valence electrons. The fraction of sp³-hybridized carbons (Fsp3) is 0.308. The Balaban J connectivity index is 1.71. The van der Waals surface area contributed by atoms with Crippen molar-refractivity contribution in [2.45, 2.75) is 13.0 Å². The molecule has 1 N–H and O–H groups in total. The molecule has 0 fully saturated rings. The number of nitrogens with zero attached hydrogens (tertiary/aromatic N) is 2. The highest BCUT2D eigenvalue weighted by atomic mass is 19.1. The molecule has 0 saturated heterocycles. The Labute approximate surface area is 100 Å². The Morgan fingerprint density at radius 3 is 2.65 bits per heavy atom. The Hall–Kier alpha value is -1.68. The van der Waals surface area contributed by atoms with E-state index in [0.29, 0.717) is 0 Å². The molecular formula is C13H16FN3. The Kier molecular flexibility index (Phi) is 3.88. The molecule has 0 aliphatic heterocycles. The van der Waals surface area contributed by atoms with Crippen molar-refractivity contribution in [3.63, 3.8) is 0 Å². The predicted molar refractivity (Wildman–Crippen MR) is 65.0 cm³/mol. The number of aryl methyl sites for hydroxylation is 1. The van der Waals surface area contributed by atoms with Gasteiger partial charge in [0.05, 0.1) is 6.20 Å². The van der Waals surface area contributed by atoms with Crippen molar-refractivity contribution in [2.75, 3.05) is 6.54 Å². The number of rotatable bonds is 5. The second kappa shape index (κ2) is 5.59. The molecule has 17 heavy (non-hydrogen) atoms. The minimum absolute atomic E-state index is 0.183. The summed E-state index contributed by atoms with van der Waals surface area (Å²) in [6.45, 7) is 1.69. The van der Waals surface area contributed by atoms with Crippen LogP contribution >= 0.6 is 0 Å². The number of benzene rings is 1. The molecule has 2 rings (SSSR count). The second-order valence-corrected chi connectivity index (χ2v) is 4.08. The summed E-state index contributed by atoms with van der Waals surface area (Å²) in [6, 6.07) is 6.63. The number of nitrogens with one attached hydrogen (secondary N) is 1. The lowest BCUT2D eigenvalue weighted by molar-refractivity contribution is 0.626. The largest absolute Gasteiger partial charge is 0.312 e. The number of hydrogen-bond acceptors (Lipinski definition) is 2. The maximum Gasteiger partial charge on any atom is 0.123 e. The minimum atomic E-state index is -0.183. The van der Waals surface area contributed by atoms with Crippen LogP contribution in [0.5, 0.6) is 0 Å². The highest BCUT2D eigenvalue weighted by Crippen LogP contribution is 2.03. The summed E-state index contributed by atoms with van der Waals surface area (Å²) < 4.78 is 14.5. The lowest BCUT2D eigenvalue weighted by Crippen LogP contribution is -2.16. The van der Waals surface area contributed by atoms with E-state index in [4.69, 9.17) is 0 Å². The molecule has 0 spiro atoms. The SMILES string of the molecule is Cn1cc(CNCCc2ccc(F)cc2)cn1. The van der Waals surface area contributed by atoms with Crippen LogP contribution in [0, 0.1) is 5.82 Å². The van der Waals surface area contributed by atoms with Crippen molar-refractivity contribution in [1.29, 1.82) is 0 Å². The number of hydrogen-bond donors (Lipinski definition) is 1. The first-order chi connectivity index (χ1) is 8.24. The first-order valence-electron chi connectivity index (χ1n) is 5.67. The Bertz CT molecular complexity index is 462. The van der Waals surface area contributed by atoms with Gasteiger partial charge in [0.15, 0.2) is 0 Å². The maximum absolute atomic E-state index is 12.7. The zero-order valence-electron chi connectivity index (χ0n) is 9.86. The van der Waals surface area contributed by atoms with E-state index in [9.17, 15) is 4.39 Å². The van der Waals surface area contributed by atoms with Crippen molar-refractivity contribution in [3.8, 4) is 0 Å². The summed E-state index contributed by atoms with van der Waals surface area (Å²) in [7, 11) is 1.90. The van der Waals surface area contributed by atoms with Gasteiger partial charge in [-0.25, -0.2) is 4.39 Å². The maximum atomic E-state index is 12.7. The summed E-state index contributed by atoms with van der Waals surface area (Å²) in [6.07, 6.45) is 4.75. The zero-order chi connectivity index (χ0) is 12.1. The van der Waals surface area contributed by atoms with Gasteiger partial charge in [0.1, 0.15) is 5.82 Å². The van der Waals surface area contributed by atoms with Gasteiger partial charge < -0.3 is 5.32 Å². The van der Waals surface area contributed by atoms with Gasteiger partial charge in [0, 0.05) is 25.4 Å². The van der Waals surface area contributed by atoms with Gasteiger partial charge in [-0.05, 0) is 30.7 Å². The summed E-state index contributed by atoms with van der Waals surface area (Å²) in [4.78, 5) is 0. The van der Waals surface area contributed by atoms with Gasteiger partial charge in [-0.15, -0.1) is 0 Å². The van der Waals surface area contributed by atoms with E-state index in [1.54, 1.807) is 4.68 Å². The monoisotopic (exact) mass is 233 g/mol. The van der Waals surface area contributed by atoms with Gasteiger partial charge in [-0.3, -0.25) is 4.68 Å². The molecule has 1 aromatic heterocycles. The Morgan fingerprint density at radius 1 is 1.24 bits per heavy atom. The number of aromatic nitrogens is 2. The van der Waals surface area contributed by atoms with Crippen LogP contribution in [0.3, 0.4) is 0 Å². The minimum Gasteiger partial charge on any atom is -0.312 e. The summed E-state index contributed by atoms with van der Waals surface area (Å²) in [5, 5.41) is 7.43. The molecule has 1 aromatic carbocycles. The average molecular weight is 233 g/mol. The molecule has 0 bridgehead atoms. The molecule has 0 aliphatic carbocycles. The van der Waals surface area contributed by atoms with E-state index in [1.807, 2.05) is 31.6 Å². The summed E-state index contributed by atoms with van der Waals surface area (Å²) in [5.41, 5.74) is 2.32. The van der Waals surface area contributed by atoms with Crippen LogP contribution in [-0.4, -0.2) is 16.3 Å². The third kappa shape index (κ3) is 3.67. The van der Waals surface area contributed by atoms with E-state index in [1.165, 1.54) is 17.7 Å². The van der Waals surface area contributed by atoms with Crippen molar-refractivity contribution >= 4 is 0 Å². The van der Waals surface area contributed by atoms with E-state index < -0.39 is 0 Å². The molecule has 3 nitrogen and oxygen atoms in total. The molecule has 1 heterocycles. The summed E-state index contributed by atoms with van der Waals surface area (Å²) >= 11 is 0. The van der Waals surface area contributed by atoms with Crippen molar-refractivity contribution in [2.24, 2.45) is 7.05 Å². The number of halogens is 1. The first kappa shape index (κ1) is 11.8. The quantitative estimate of drug-likeness (QED) is 0.799. The molecule has 0 atom stereocenters. The first-order valence-corrected chi connectivity index (χ1v) is 5.67. The van der Waals surface area contributed by atoms with Crippen LogP contribution in [-0.2, 0) is 20.0 Å². The van der Waals surface area contributed by atoms with Crippen molar-refractivity contribution < 1.29 is 4.39 Å². The third-order valence-corrected chi connectivity index (χ3v) is 2.59. The molecule has 0 amide bonds. The van der Waals surface area contributed by atoms with Gasteiger partial charge in [-0.1, -0.05) is 12.1 Å². The average Bonchev–Trinajstić information content (AvgIpc) is 2.73. The molecule has 0 saturated carbocycles. The smallest absolute Gasteiger partial charge is 0.123 e. The standard InChI is InChI=1S/C13H16FN3/c1-17-10-12(9-16-17)8-15-7-6-11-2-4-13(14)5-3-11/h2-5,9-10,15H,6-8H2,1H3. The van der Waals surface area contributed by atoms with Crippen molar-refractivity contribution in [3.05, 3.63) is 53.6 Å². The van der Waals surface area contributed by atoms with Crippen LogP contribution in [0.15, 0.2) is 36.7 Å². The highest BCUT2D eigenvalue weighted by Gasteiger charge is 1.96. The van der Waals surface area contributed by atoms with Gasteiger partial charge >= 0.3 is 0 Å². The van der Waals surface area contributed by atoms with E-state index >= 15 is 0 Å². The van der Waals surface area contributed by atoms with Gasteiger partial charge in [0.2, 0.25) is 0 Å². The normalized spacial score (nSPS) is 10.7. The third-order valence-electron chi connectivity index (χ3n) is 2.59. The molecule has 4 heteroatoms. The van der Waals surface area contributed by atoms with Crippen LogP contribution in [0.4, 0.5) is 4.39 Å². The topological polar surface area (TPSA) is 29.9 Å². The lowest BCUT2D eigenvalue weighted by atomic mass is 10.1. The molecular weight excluding hydrogens is 217 g/mol. The van der Waals surface area contributed by atoms with E-state index in [-0.39, 0.29) is 5.82 Å². The Morgan fingerprint density at radius 2 is 2.00 bits per heavy atom. The van der Waals surface area contributed by atoms with Gasteiger partial charge in [0.25, 0.3) is 0 Å². The van der Waals surface area contributed by atoms with E-state index in [2.05, 4.69) is 10.4 Å². The molecule has 2 aromatic rings. The fourth-order valence-electron chi connectivity index (χ4n) is 1.68. The van der Waals surface area contributed by atoms with Crippen LogP contribution in [0.1, 0.15) is 11.1 Å². The van der Waals surface area contributed by atoms with Crippen LogP contribution in [0.25, 0.3) is 0 Å². The zero-order valence-corrected chi connectivity index (χ0v) is 9.86. The molecule has 0 radical (unpaired) electrons. The lowest BCUT2D eigenvalue weighted by Gasteiger charge is -2.03. The van der Waals surface area contributed by atoms with Crippen LogP contribution in [0.2, 0.25) is 0 Å².